The van der Waals surface area contributed by atoms with Gasteiger partial charge in [-0.2, -0.15) is 5.10 Å². The highest BCUT2D eigenvalue weighted by molar-refractivity contribution is 5.84. The van der Waals surface area contributed by atoms with E-state index in [1.54, 1.807) is 0 Å². The van der Waals surface area contributed by atoms with E-state index in [0.29, 0.717) is 18.4 Å². The summed E-state index contributed by atoms with van der Waals surface area (Å²) in [6, 6.07) is 9.71. The lowest BCUT2D eigenvalue weighted by molar-refractivity contribution is -0.117. The normalized spacial score (nSPS) is 15.0. The van der Waals surface area contributed by atoms with E-state index in [4.69, 9.17) is 9.72 Å². The van der Waals surface area contributed by atoms with Gasteiger partial charge in [0.05, 0.1) is 42.2 Å². The number of hydrogen-bond donors (Lipinski definition) is 2. The topological polar surface area (TPSA) is 92.8 Å². The van der Waals surface area contributed by atoms with Crippen LogP contribution in [0.4, 0.5) is 0 Å². The Labute approximate surface area is 205 Å². The average molecular weight is 470 g/mol. The van der Waals surface area contributed by atoms with E-state index in [1.807, 2.05) is 62.5 Å². The Morgan fingerprint density at radius 2 is 2.09 bits per heavy atom. The monoisotopic (exact) mass is 469 g/mol. The molecule has 0 radical (unpaired) electrons. The average Bonchev–Trinajstić information content (AvgIpc) is 3.20. The molecule has 0 aliphatic carbocycles. The molecule has 0 fully saturated rings. The molecule has 2 N–H and O–H groups in total. The first kappa shape index (κ1) is 24.3. The second-order valence-electron chi connectivity index (χ2n) is 8.51. The van der Waals surface area contributed by atoms with Gasteiger partial charge in [-0.25, -0.2) is 4.98 Å². The van der Waals surface area contributed by atoms with E-state index in [2.05, 4.69) is 33.2 Å². The number of aromatic amines is 1. The number of Topliss-reactive ketones (excluding diaryl/α,β-unsaturated/α-hetero) is 1. The second-order valence-corrected chi connectivity index (χ2v) is 8.51. The van der Waals surface area contributed by atoms with Gasteiger partial charge >= 0.3 is 0 Å². The largest absolute Gasteiger partial charge is 0.381 e. The van der Waals surface area contributed by atoms with Crippen LogP contribution in [-0.4, -0.2) is 45.7 Å². The summed E-state index contributed by atoms with van der Waals surface area (Å²) < 4.78 is 5.47. The number of pyridine rings is 2. The summed E-state index contributed by atoms with van der Waals surface area (Å²) in [5.74, 6) is 0.129. The van der Waals surface area contributed by atoms with Crippen molar-refractivity contribution >= 4 is 18.1 Å². The third kappa shape index (κ3) is 6.19. The Morgan fingerprint density at radius 3 is 2.91 bits per heavy atom. The van der Waals surface area contributed by atoms with Crippen LogP contribution in [0.25, 0.3) is 34.9 Å². The zero-order valence-electron chi connectivity index (χ0n) is 20.3. The first-order chi connectivity index (χ1) is 17.0. The van der Waals surface area contributed by atoms with Crippen LogP contribution in [0.5, 0.6) is 0 Å². The molecule has 180 valence electrons. The van der Waals surface area contributed by atoms with Crippen LogP contribution in [0.3, 0.4) is 0 Å². The Balaban J connectivity index is 1.62. The number of hydrogen-bond acceptors (Lipinski definition) is 6. The molecular weight excluding hydrogens is 438 g/mol. The maximum Gasteiger partial charge on any atom is 0.155 e. The standard InChI is InChI=1S/C28H31N5O2/c1-4-7-25(29-17-22(34)16-21-9-6-14-35-15-13-21)27-19(2)11-12-24(32-27)23-18-30-33-28(23)26-10-5-8-20(3)31-26/h4-5,7-12,18,29H,2,6,13-17H2,1,3H3,(H,30,33)/b7-4-,27-25-. The van der Waals surface area contributed by atoms with Crippen molar-refractivity contribution in [1.29, 1.82) is 0 Å². The van der Waals surface area contributed by atoms with Gasteiger partial charge in [-0.3, -0.25) is 14.9 Å². The van der Waals surface area contributed by atoms with Crippen molar-refractivity contribution in [2.45, 2.75) is 33.1 Å². The maximum atomic E-state index is 12.7. The molecule has 7 heteroatoms. The fourth-order valence-electron chi connectivity index (χ4n) is 4.04. The van der Waals surface area contributed by atoms with Gasteiger partial charge in [0.2, 0.25) is 0 Å². The molecule has 7 nitrogen and oxygen atoms in total. The molecule has 0 amide bonds. The van der Waals surface area contributed by atoms with Gasteiger partial charge in [0.25, 0.3) is 0 Å². The molecule has 0 spiro atoms. The van der Waals surface area contributed by atoms with Gasteiger partial charge in [0.15, 0.2) is 5.78 Å². The summed E-state index contributed by atoms with van der Waals surface area (Å²) in [4.78, 5) is 22.2. The molecule has 1 aliphatic heterocycles. The molecule has 4 heterocycles. The van der Waals surface area contributed by atoms with Crippen LogP contribution in [-0.2, 0) is 9.53 Å². The highest BCUT2D eigenvalue weighted by Crippen LogP contribution is 2.26. The molecule has 0 saturated carbocycles. The fraction of sp³-hybridized carbons (Fsp3) is 0.286. The number of carbonyl (C=O) groups is 1. The lowest BCUT2D eigenvalue weighted by Gasteiger charge is -2.09. The van der Waals surface area contributed by atoms with Crippen molar-refractivity contribution in [3.63, 3.8) is 0 Å². The van der Waals surface area contributed by atoms with Crippen molar-refractivity contribution in [3.05, 3.63) is 76.6 Å². The number of allylic oxidation sites excluding steroid dienone is 1. The van der Waals surface area contributed by atoms with Crippen molar-refractivity contribution < 1.29 is 9.53 Å². The third-order valence-electron chi connectivity index (χ3n) is 5.78. The molecule has 4 rings (SSSR count). The van der Waals surface area contributed by atoms with Gasteiger partial charge in [-0.05, 0) is 56.2 Å². The summed E-state index contributed by atoms with van der Waals surface area (Å²) in [6.45, 7) is 9.67. The summed E-state index contributed by atoms with van der Waals surface area (Å²) in [5.41, 5.74) is 5.94. The predicted molar refractivity (Wildman–Crippen MR) is 139 cm³/mol. The Kier molecular flexibility index (Phi) is 8.00. The van der Waals surface area contributed by atoms with Crippen LogP contribution in [0.2, 0.25) is 0 Å². The van der Waals surface area contributed by atoms with Crippen LogP contribution >= 0.6 is 0 Å². The van der Waals surface area contributed by atoms with E-state index in [-0.39, 0.29) is 12.3 Å². The van der Waals surface area contributed by atoms with Crippen LogP contribution in [0, 0.1) is 6.92 Å². The number of H-pyrrole nitrogens is 1. The molecule has 0 unspecified atom stereocenters. The number of ketones is 1. The van der Waals surface area contributed by atoms with Gasteiger partial charge in [-0.15, -0.1) is 0 Å². The first-order valence-electron chi connectivity index (χ1n) is 11.9. The minimum Gasteiger partial charge on any atom is -0.381 e. The van der Waals surface area contributed by atoms with Gasteiger partial charge < -0.3 is 10.1 Å². The van der Waals surface area contributed by atoms with Crippen LogP contribution in [0.1, 0.15) is 31.9 Å². The summed E-state index contributed by atoms with van der Waals surface area (Å²) in [5, 5.41) is 12.1. The fourth-order valence-corrected chi connectivity index (χ4v) is 4.04. The second kappa shape index (κ2) is 11.5. The zero-order chi connectivity index (χ0) is 24.6. The lowest BCUT2D eigenvalue weighted by Crippen LogP contribution is -2.35. The summed E-state index contributed by atoms with van der Waals surface area (Å²) in [6.07, 6.45) is 9.91. The Bertz CT molecular complexity index is 1370. The lowest BCUT2D eigenvalue weighted by atomic mass is 10.1. The number of rotatable bonds is 8. The highest BCUT2D eigenvalue weighted by atomic mass is 16.5. The van der Waals surface area contributed by atoms with Crippen molar-refractivity contribution in [2.75, 3.05) is 19.8 Å². The Hall–Kier alpha value is -3.84. The third-order valence-corrected chi connectivity index (χ3v) is 5.78. The van der Waals surface area contributed by atoms with Gasteiger partial charge in [0, 0.05) is 23.9 Å². The number of ether oxygens (including phenoxy) is 1. The summed E-state index contributed by atoms with van der Waals surface area (Å²) >= 11 is 0. The minimum absolute atomic E-state index is 0.129. The number of aromatic nitrogens is 4. The smallest absolute Gasteiger partial charge is 0.155 e. The SMILES string of the molecule is C=c1ccc(-c2c[nH]nc2-c2cccc(C)n2)n/c1=C(/C=C\C)NCC(=O)CC1=CCCOCC1. The number of carbonyl (C=O) groups excluding carboxylic acids is 1. The van der Waals surface area contributed by atoms with Gasteiger partial charge in [-0.1, -0.05) is 36.4 Å². The van der Waals surface area contributed by atoms with Gasteiger partial charge in [0.1, 0.15) is 5.69 Å². The molecule has 1 aliphatic rings. The quantitative estimate of drug-likeness (QED) is 0.492. The molecule has 0 bridgehead atoms. The number of nitrogens with one attached hydrogen (secondary N) is 2. The predicted octanol–water partition coefficient (Wildman–Crippen LogP) is 3.22. The molecule has 0 atom stereocenters. The highest BCUT2D eigenvalue weighted by Gasteiger charge is 2.14. The maximum absolute atomic E-state index is 12.7. The first-order valence-corrected chi connectivity index (χ1v) is 11.9. The van der Waals surface area contributed by atoms with Crippen molar-refractivity contribution in [1.82, 2.24) is 25.5 Å². The summed E-state index contributed by atoms with van der Waals surface area (Å²) in [7, 11) is 0. The van der Waals surface area contributed by atoms with E-state index in [0.717, 1.165) is 64.3 Å². The van der Waals surface area contributed by atoms with Crippen molar-refractivity contribution in [3.8, 4) is 22.6 Å². The van der Waals surface area contributed by atoms with E-state index < -0.39 is 0 Å². The molecule has 35 heavy (non-hydrogen) atoms. The Morgan fingerprint density at radius 1 is 1.20 bits per heavy atom. The molecule has 3 aromatic rings. The zero-order valence-corrected chi connectivity index (χ0v) is 20.3. The van der Waals surface area contributed by atoms with Crippen molar-refractivity contribution in [2.24, 2.45) is 0 Å². The molecule has 0 aromatic carbocycles. The van der Waals surface area contributed by atoms with Crippen LogP contribution in [0.15, 0.2) is 60.3 Å². The van der Waals surface area contributed by atoms with E-state index in [9.17, 15) is 4.79 Å². The molecule has 0 saturated heterocycles. The molecular formula is C28H31N5O2. The molecule has 3 aromatic heterocycles. The van der Waals surface area contributed by atoms with E-state index in [1.165, 1.54) is 0 Å². The number of nitrogens with zero attached hydrogens (tertiary/aromatic N) is 3. The minimum atomic E-state index is 0.129. The number of aryl methyl sites for hydroxylation is 1. The van der Waals surface area contributed by atoms with E-state index >= 15 is 0 Å². The van der Waals surface area contributed by atoms with Crippen LogP contribution < -0.4 is 15.9 Å².